The lowest BCUT2D eigenvalue weighted by Crippen LogP contribution is -2.43. The molecule has 3 unspecified atom stereocenters. The topological polar surface area (TPSA) is 20.3 Å². The summed E-state index contributed by atoms with van der Waals surface area (Å²) in [5.41, 5.74) is 0. The predicted octanol–water partition coefficient (Wildman–Crippen LogP) is 2.87. The molecule has 0 amide bonds. The molecule has 0 aromatic heterocycles. The SMILES string of the molecule is CC1CCCN(CCC2CCCC2=O)C1C. The van der Waals surface area contributed by atoms with Crippen molar-refractivity contribution in [2.45, 2.75) is 58.4 Å². The molecule has 0 aromatic rings. The van der Waals surface area contributed by atoms with E-state index in [1.165, 1.54) is 19.4 Å². The van der Waals surface area contributed by atoms with Crippen LogP contribution in [-0.2, 0) is 4.79 Å². The lowest BCUT2D eigenvalue weighted by molar-refractivity contribution is -0.121. The van der Waals surface area contributed by atoms with Gasteiger partial charge in [0.1, 0.15) is 5.78 Å². The highest BCUT2D eigenvalue weighted by Gasteiger charge is 2.28. The summed E-state index contributed by atoms with van der Waals surface area (Å²) >= 11 is 0. The van der Waals surface area contributed by atoms with Crippen molar-refractivity contribution in [2.24, 2.45) is 11.8 Å². The number of piperidine rings is 1. The molecule has 16 heavy (non-hydrogen) atoms. The highest BCUT2D eigenvalue weighted by Crippen LogP contribution is 2.27. The summed E-state index contributed by atoms with van der Waals surface area (Å²) in [4.78, 5) is 14.2. The normalized spacial score (nSPS) is 36.9. The fraction of sp³-hybridized carbons (Fsp3) is 0.929. The van der Waals surface area contributed by atoms with E-state index in [0.717, 1.165) is 38.1 Å². The number of carbonyl (C=O) groups excluding carboxylic acids is 1. The molecule has 1 heterocycles. The molecular weight excluding hydrogens is 198 g/mol. The van der Waals surface area contributed by atoms with E-state index < -0.39 is 0 Å². The van der Waals surface area contributed by atoms with Gasteiger partial charge in [-0.15, -0.1) is 0 Å². The molecule has 1 aliphatic carbocycles. The average Bonchev–Trinajstić information content (AvgIpc) is 2.67. The van der Waals surface area contributed by atoms with E-state index in [1.807, 2.05) is 0 Å². The van der Waals surface area contributed by atoms with Gasteiger partial charge in [0.25, 0.3) is 0 Å². The third kappa shape index (κ3) is 2.65. The van der Waals surface area contributed by atoms with Gasteiger partial charge in [-0.05, 0) is 58.0 Å². The maximum absolute atomic E-state index is 11.6. The van der Waals surface area contributed by atoms with Crippen molar-refractivity contribution in [3.63, 3.8) is 0 Å². The second-order valence-corrected chi connectivity index (χ2v) is 5.74. The molecule has 0 radical (unpaired) electrons. The van der Waals surface area contributed by atoms with Crippen molar-refractivity contribution in [1.82, 2.24) is 4.90 Å². The van der Waals surface area contributed by atoms with E-state index in [-0.39, 0.29) is 0 Å². The van der Waals surface area contributed by atoms with Gasteiger partial charge in [-0.2, -0.15) is 0 Å². The molecule has 0 bridgehead atoms. The Bertz CT molecular complexity index is 251. The minimum atomic E-state index is 0.393. The second kappa shape index (κ2) is 5.31. The summed E-state index contributed by atoms with van der Waals surface area (Å²) in [6, 6.07) is 0.713. The third-order valence-electron chi connectivity index (χ3n) is 4.70. The monoisotopic (exact) mass is 223 g/mol. The van der Waals surface area contributed by atoms with E-state index in [0.29, 0.717) is 17.7 Å². The number of nitrogens with zero attached hydrogens (tertiary/aromatic N) is 1. The van der Waals surface area contributed by atoms with Crippen molar-refractivity contribution in [3.05, 3.63) is 0 Å². The summed E-state index contributed by atoms with van der Waals surface area (Å²) < 4.78 is 0. The van der Waals surface area contributed by atoms with Crippen molar-refractivity contribution in [1.29, 1.82) is 0 Å². The largest absolute Gasteiger partial charge is 0.300 e. The fourth-order valence-corrected chi connectivity index (χ4v) is 3.25. The van der Waals surface area contributed by atoms with E-state index in [2.05, 4.69) is 18.7 Å². The molecule has 2 fully saturated rings. The molecule has 1 saturated carbocycles. The molecule has 2 aliphatic rings. The summed E-state index contributed by atoms with van der Waals surface area (Å²) in [5, 5.41) is 0. The van der Waals surface area contributed by atoms with Crippen molar-refractivity contribution >= 4 is 5.78 Å². The zero-order valence-electron chi connectivity index (χ0n) is 10.7. The molecular formula is C14H25NO. The van der Waals surface area contributed by atoms with Crippen LogP contribution in [0.4, 0.5) is 0 Å². The molecule has 3 atom stereocenters. The number of likely N-dealkylation sites (tertiary alicyclic amines) is 1. The Morgan fingerprint density at radius 3 is 2.75 bits per heavy atom. The zero-order chi connectivity index (χ0) is 11.5. The van der Waals surface area contributed by atoms with Crippen LogP contribution < -0.4 is 0 Å². The first kappa shape index (κ1) is 12.1. The average molecular weight is 223 g/mol. The van der Waals surface area contributed by atoms with Gasteiger partial charge in [0, 0.05) is 18.4 Å². The van der Waals surface area contributed by atoms with Crippen LogP contribution in [0, 0.1) is 11.8 Å². The van der Waals surface area contributed by atoms with Gasteiger partial charge in [-0.3, -0.25) is 4.79 Å². The molecule has 0 spiro atoms. The number of carbonyl (C=O) groups is 1. The van der Waals surface area contributed by atoms with Crippen LogP contribution in [0.3, 0.4) is 0 Å². The Morgan fingerprint density at radius 1 is 1.25 bits per heavy atom. The summed E-state index contributed by atoms with van der Waals surface area (Å²) in [6.45, 7) is 7.09. The van der Waals surface area contributed by atoms with Crippen LogP contribution in [0.15, 0.2) is 0 Å². The Hall–Kier alpha value is -0.370. The molecule has 2 heteroatoms. The zero-order valence-corrected chi connectivity index (χ0v) is 10.7. The molecule has 0 aromatic carbocycles. The molecule has 92 valence electrons. The first-order chi connectivity index (χ1) is 7.68. The van der Waals surface area contributed by atoms with Crippen LogP contribution in [0.2, 0.25) is 0 Å². The van der Waals surface area contributed by atoms with Crippen LogP contribution in [-0.4, -0.2) is 29.8 Å². The van der Waals surface area contributed by atoms with Gasteiger partial charge < -0.3 is 4.90 Å². The molecule has 1 saturated heterocycles. The van der Waals surface area contributed by atoms with Gasteiger partial charge >= 0.3 is 0 Å². The number of hydrogen-bond acceptors (Lipinski definition) is 2. The van der Waals surface area contributed by atoms with Gasteiger partial charge in [0.05, 0.1) is 0 Å². The van der Waals surface area contributed by atoms with Crippen LogP contribution >= 0.6 is 0 Å². The van der Waals surface area contributed by atoms with Crippen molar-refractivity contribution in [3.8, 4) is 0 Å². The van der Waals surface area contributed by atoms with Crippen LogP contribution in [0.1, 0.15) is 52.4 Å². The number of ketones is 1. The second-order valence-electron chi connectivity index (χ2n) is 5.74. The van der Waals surface area contributed by atoms with E-state index >= 15 is 0 Å². The van der Waals surface area contributed by atoms with E-state index in [9.17, 15) is 4.79 Å². The van der Waals surface area contributed by atoms with Gasteiger partial charge in [-0.25, -0.2) is 0 Å². The predicted molar refractivity (Wildman–Crippen MR) is 66.4 cm³/mol. The summed E-state index contributed by atoms with van der Waals surface area (Å²) in [5.74, 6) is 1.75. The Labute approximate surface area is 99.4 Å². The Balaban J connectivity index is 1.78. The molecule has 2 rings (SSSR count). The molecule has 1 aliphatic heterocycles. The van der Waals surface area contributed by atoms with Crippen molar-refractivity contribution in [2.75, 3.05) is 13.1 Å². The standard InChI is InChI=1S/C14H25NO/c1-11-5-4-9-15(12(11)2)10-8-13-6-3-7-14(13)16/h11-13H,3-10H2,1-2H3. The maximum Gasteiger partial charge on any atom is 0.136 e. The summed E-state index contributed by atoms with van der Waals surface area (Å²) in [7, 11) is 0. The van der Waals surface area contributed by atoms with Crippen LogP contribution in [0.25, 0.3) is 0 Å². The minimum absolute atomic E-state index is 0.393. The van der Waals surface area contributed by atoms with Gasteiger partial charge in [0.15, 0.2) is 0 Å². The lowest BCUT2D eigenvalue weighted by atomic mass is 9.91. The molecule has 0 N–H and O–H groups in total. The molecule has 2 nitrogen and oxygen atoms in total. The lowest BCUT2D eigenvalue weighted by Gasteiger charge is -2.38. The number of hydrogen-bond donors (Lipinski definition) is 0. The van der Waals surface area contributed by atoms with Gasteiger partial charge in [-0.1, -0.05) is 6.92 Å². The Kier molecular flexibility index (Phi) is 4.01. The first-order valence-electron chi connectivity index (χ1n) is 6.95. The quantitative estimate of drug-likeness (QED) is 0.733. The first-order valence-corrected chi connectivity index (χ1v) is 6.95. The van der Waals surface area contributed by atoms with E-state index in [4.69, 9.17) is 0 Å². The number of rotatable bonds is 3. The smallest absolute Gasteiger partial charge is 0.136 e. The minimum Gasteiger partial charge on any atom is -0.300 e. The van der Waals surface area contributed by atoms with Gasteiger partial charge in [0.2, 0.25) is 0 Å². The Morgan fingerprint density at radius 2 is 2.06 bits per heavy atom. The third-order valence-corrected chi connectivity index (χ3v) is 4.70. The highest BCUT2D eigenvalue weighted by molar-refractivity contribution is 5.82. The maximum atomic E-state index is 11.6. The van der Waals surface area contributed by atoms with E-state index in [1.54, 1.807) is 0 Å². The van der Waals surface area contributed by atoms with Crippen molar-refractivity contribution < 1.29 is 4.79 Å². The summed E-state index contributed by atoms with van der Waals surface area (Å²) in [6.07, 6.45) is 6.95. The van der Waals surface area contributed by atoms with Crippen LogP contribution in [0.5, 0.6) is 0 Å². The fourth-order valence-electron chi connectivity index (χ4n) is 3.25. The number of Topliss-reactive ketones (excluding diaryl/α,β-unsaturated/α-hetero) is 1. The highest BCUT2D eigenvalue weighted by atomic mass is 16.1.